The highest BCUT2D eigenvalue weighted by Crippen LogP contribution is 2.31. The number of pyridine rings is 1. The Kier molecular flexibility index (Phi) is 4.72. The molecule has 1 aliphatic rings. The van der Waals surface area contributed by atoms with Crippen LogP contribution in [0, 0.1) is 6.92 Å². The summed E-state index contributed by atoms with van der Waals surface area (Å²) in [6.45, 7) is 7.52. The highest BCUT2D eigenvalue weighted by Gasteiger charge is 2.31. The Bertz CT molecular complexity index is 381. The summed E-state index contributed by atoms with van der Waals surface area (Å²) in [6, 6.07) is 2.36. The van der Waals surface area contributed by atoms with Gasteiger partial charge in [-0.05, 0) is 56.8 Å². The van der Waals surface area contributed by atoms with Gasteiger partial charge in [-0.3, -0.25) is 4.98 Å². The second-order valence-corrected chi connectivity index (χ2v) is 5.23. The van der Waals surface area contributed by atoms with Gasteiger partial charge in [-0.1, -0.05) is 6.92 Å². The summed E-state index contributed by atoms with van der Waals surface area (Å²) in [6.07, 6.45) is 7.94. The molecule has 3 atom stereocenters. The van der Waals surface area contributed by atoms with Crippen LogP contribution in [0.5, 0.6) is 0 Å². The van der Waals surface area contributed by atoms with Crippen molar-refractivity contribution in [1.82, 2.24) is 10.3 Å². The fourth-order valence-electron chi connectivity index (χ4n) is 2.62. The molecule has 1 aromatic rings. The SMILES string of the molecule is CCCNC(c1cnccc1C)C1CCC(C)O1. The molecule has 3 heteroatoms. The average Bonchev–Trinajstić information content (AvgIpc) is 2.78. The van der Waals surface area contributed by atoms with Gasteiger partial charge in [0, 0.05) is 12.4 Å². The Morgan fingerprint density at radius 1 is 1.50 bits per heavy atom. The van der Waals surface area contributed by atoms with Gasteiger partial charge >= 0.3 is 0 Å². The van der Waals surface area contributed by atoms with Gasteiger partial charge in [0.1, 0.15) is 0 Å². The molecule has 2 rings (SSSR count). The molecule has 1 aliphatic heterocycles. The van der Waals surface area contributed by atoms with Crippen LogP contribution in [0.3, 0.4) is 0 Å². The average molecular weight is 248 g/mol. The maximum atomic E-state index is 6.04. The monoisotopic (exact) mass is 248 g/mol. The van der Waals surface area contributed by atoms with Crippen molar-refractivity contribution in [1.29, 1.82) is 0 Å². The zero-order chi connectivity index (χ0) is 13.0. The maximum Gasteiger partial charge on any atom is 0.0775 e. The van der Waals surface area contributed by atoms with Crippen molar-refractivity contribution in [2.75, 3.05) is 6.54 Å². The van der Waals surface area contributed by atoms with Crippen LogP contribution >= 0.6 is 0 Å². The molecule has 0 saturated carbocycles. The first-order valence-electron chi connectivity index (χ1n) is 7.01. The summed E-state index contributed by atoms with van der Waals surface area (Å²) >= 11 is 0. The smallest absolute Gasteiger partial charge is 0.0775 e. The van der Waals surface area contributed by atoms with Crippen LogP contribution in [-0.4, -0.2) is 23.7 Å². The van der Waals surface area contributed by atoms with E-state index >= 15 is 0 Å². The van der Waals surface area contributed by atoms with Gasteiger partial charge < -0.3 is 10.1 Å². The number of hydrogen-bond donors (Lipinski definition) is 1. The molecular formula is C15H24N2O. The van der Waals surface area contributed by atoms with E-state index < -0.39 is 0 Å². The molecule has 1 fully saturated rings. The zero-order valence-electron chi connectivity index (χ0n) is 11.6. The molecule has 0 spiro atoms. The zero-order valence-corrected chi connectivity index (χ0v) is 11.6. The Balaban J connectivity index is 2.17. The number of hydrogen-bond acceptors (Lipinski definition) is 3. The Labute approximate surface area is 110 Å². The van der Waals surface area contributed by atoms with Gasteiger partial charge in [0.2, 0.25) is 0 Å². The van der Waals surface area contributed by atoms with E-state index in [9.17, 15) is 0 Å². The lowest BCUT2D eigenvalue weighted by atomic mass is 9.97. The van der Waals surface area contributed by atoms with Gasteiger partial charge in [0.15, 0.2) is 0 Å². The second-order valence-electron chi connectivity index (χ2n) is 5.23. The maximum absolute atomic E-state index is 6.04. The van der Waals surface area contributed by atoms with Crippen molar-refractivity contribution in [3.8, 4) is 0 Å². The van der Waals surface area contributed by atoms with Crippen LogP contribution in [-0.2, 0) is 4.74 Å². The van der Waals surface area contributed by atoms with Crippen molar-refractivity contribution in [2.45, 2.75) is 58.3 Å². The summed E-state index contributed by atoms with van der Waals surface area (Å²) in [4.78, 5) is 4.27. The van der Waals surface area contributed by atoms with Crippen LogP contribution in [0.15, 0.2) is 18.5 Å². The van der Waals surface area contributed by atoms with Crippen molar-refractivity contribution in [3.05, 3.63) is 29.6 Å². The van der Waals surface area contributed by atoms with Crippen LogP contribution in [0.25, 0.3) is 0 Å². The highest BCUT2D eigenvalue weighted by atomic mass is 16.5. The van der Waals surface area contributed by atoms with Gasteiger partial charge in [-0.25, -0.2) is 0 Å². The van der Waals surface area contributed by atoms with Crippen molar-refractivity contribution in [3.63, 3.8) is 0 Å². The number of aromatic nitrogens is 1. The first kappa shape index (κ1) is 13.5. The predicted octanol–water partition coefficient (Wildman–Crippen LogP) is 3.00. The van der Waals surface area contributed by atoms with Gasteiger partial charge in [-0.2, -0.15) is 0 Å². The molecule has 1 saturated heterocycles. The largest absolute Gasteiger partial charge is 0.373 e. The van der Waals surface area contributed by atoms with Crippen LogP contribution < -0.4 is 5.32 Å². The summed E-state index contributed by atoms with van der Waals surface area (Å²) < 4.78 is 6.04. The third kappa shape index (κ3) is 3.09. The molecule has 0 bridgehead atoms. The van der Waals surface area contributed by atoms with E-state index in [-0.39, 0.29) is 12.1 Å². The van der Waals surface area contributed by atoms with Gasteiger partial charge in [0.25, 0.3) is 0 Å². The number of ether oxygens (including phenoxy) is 1. The fraction of sp³-hybridized carbons (Fsp3) is 0.667. The minimum Gasteiger partial charge on any atom is -0.373 e. The number of rotatable bonds is 5. The number of aryl methyl sites for hydroxylation is 1. The molecule has 0 radical (unpaired) electrons. The molecule has 3 nitrogen and oxygen atoms in total. The minimum absolute atomic E-state index is 0.281. The quantitative estimate of drug-likeness (QED) is 0.870. The normalized spacial score (nSPS) is 25.3. The summed E-state index contributed by atoms with van der Waals surface area (Å²) in [5.74, 6) is 0. The topological polar surface area (TPSA) is 34.2 Å². The van der Waals surface area contributed by atoms with E-state index in [0.717, 1.165) is 25.8 Å². The molecule has 0 aromatic carbocycles. The van der Waals surface area contributed by atoms with E-state index in [1.54, 1.807) is 0 Å². The molecule has 3 unspecified atom stereocenters. The molecule has 1 aromatic heterocycles. The van der Waals surface area contributed by atoms with E-state index in [0.29, 0.717) is 6.10 Å². The summed E-state index contributed by atoms with van der Waals surface area (Å²) in [7, 11) is 0. The van der Waals surface area contributed by atoms with Crippen LogP contribution in [0.2, 0.25) is 0 Å². The van der Waals surface area contributed by atoms with Crippen LogP contribution in [0.1, 0.15) is 50.3 Å². The lowest BCUT2D eigenvalue weighted by Crippen LogP contribution is -2.33. The van der Waals surface area contributed by atoms with Crippen molar-refractivity contribution in [2.24, 2.45) is 0 Å². The van der Waals surface area contributed by atoms with Gasteiger partial charge in [0.05, 0.1) is 18.2 Å². The first-order valence-corrected chi connectivity index (χ1v) is 7.01. The van der Waals surface area contributed by atoms with Crippen molar-refractivity contribution >= 4 is 0 Å². The molecular weight excluding hydrogens is 224 g/mol. The summed E-state index contributed by atoms with van der Waals surface area (Å²) in [5, 5.41) is 3.62. The van der Waals surface area contributed by atoms with Crippen molar-refractivity contribution < 1.29 is 4.74 Å². The second kappa shape index (κ2) is 6.30. The lowest BCUT2D eigenvalue weighted by molar-refractivity contribution is 0.0314. The molecule has 2 heterocycles. The van der Waals surface area contributed by atoms with Gasteiger partial charge in [-0.15, -0.1) is 0 Å². The lowest BCUT2D eigenvalue weighted by Gasteiger charge is -2.26. The molecule has 100 valence electrons. The standard InChI is InChI=1S/C15H24N2O/c1-4-8-17-15(14-6-5-12(3)18-14)13-10-16-9-7-11(13)2/h7,9-10,12,14-15,17H,4-6,8H2,1-3H3. The minimum atomic E-state index is 0.281. The number of nitrogens with zero attached hydrogens (tertiary/aromatic N) is 1. The van der Waals surface area contributed by atoms with E-state index in [4.69, 9.17) is 4.74 Å². The molecule has 18 heavy (non-hydrogen) atoms. The van der Waals surface area contributed by atoms with E-state index in [1.165, 1.54) is 11.1 Å². The Morgan fingerprint density at radius 2 is 2.33 bits per heavy atom. The van der Waals surface area contributed by atoms with Crippen LogP contribution in [0.4, 0.5) is 0 Å². The molecule has 0 amide bonds. The number of nitrogens with one attached hydrogen (secondary N) is 1. The highest BCUT2D eigenvalue weighted by molar-refractivity contribution is 5.26. The fourth-order valence-corrected chi connectivity index (χ4v) is 2.62. The Morgan fingerprint density at radius 3 is 2.94 bits per heavy atom. The third-order valence-corrected chi connectivity index (χ3v) is 3.67. The molecule has 0 aliphatic carbocycles. The first-order chi connectivity index (χ1) is 8.72. The predicted molar refractivity (Wildman–Crippen MR) is 73.6 cm³/mol. The van der Waals surface area contributed by atoms with E-state index in [2.05, 4.69) is 37.1 Å². The summed E-state index contributed by atoms with van der Waals surface area (Å²) in [5.41, 5.74) is 2.58. The van der Waals surface area contributed by atoms with E-state index in [1.807, 2.05) is 12.4 Å². The molecule has 1 N–H and O–H groups in total. The third-order valence-electron chi connectivity index (χ3n) is 3.67. The Hall–Kier alpha value is -0.930.